The zero-order valence-corrected chi connectivity index (χ0v) is 6.87. The quantitative estimate of drug-likeness (QED) is 0.696. The highest BCUT2D eigenvalue weighted by atomic mass is 32.2. The molecule has 0 heterocycles. The molecule has 0 aromatic carbocycles. The Balaban J connectivity index is 3.56. The fraction of sp³-hybridized carbons (Fsp3) is 0.833. The van der Waals surface area contributed by atoms with Crippen molar-refractivity contribution in [2.45, 2.75) is 31.4 Å². The summed E-state index contributed by atoms with van der Waals surface area (Å²) in [7, 11) is 0. The average Bonchev–Trinajstić information content (AvgIpc) is 1.85. The molecule has 0 spiro atoms. The average molecular weight is 166 g/mol. The molecule has 0 fully saturated rings. The largest absolute Gasteiger partial charge is 0.481 e. The van der Waals surface area contributed by atoms with Gasteiger partial charge in [0.1, 0.15) is 0 Å². The first kappa shape index (κ1) is 9.75. The molecule has 10 heavy (non-hydrogen) atoms. The number of hydrogen-bond acceptors (Lipinski definition) is 2. The minimum atomic E-state index is -0.873. The van der Waals surface area contributed by atoms with Crippen LogP contribution in [0.15, 0.2) is 0 Å². The lowest BCUT2D eigenvalue weighted by Crippen LogP contribution is -2.14. The summed E-state index contributed by atoms with van der Waals surface area (Å²) < 4.78 is 11.4. The van der Waals surface area contributed by atoms with E-state index in [1.807, 2.05) is 0 Å². The van der Waals surface area contributed by atoms with Gasteiger partial charge in [-0.25, -0.2) is 0 Å². The maximum absolute atomic E-state index is 11.9. The molecule has 0 aliphatic heterocycles. The zero-order valence-electron chi connectivity index (χ0n) is 6.06. The Morgan fingerprint density at radius 1 is 1.70 bits per heavy atom. The predicted octanol–water partition coefficient (Wildman–Crippen LogP) is 2.25. The monoisotopic (exact) mass is 166 g/mol. The second-order valence-electron chi connectivity index (χ2n) is 2.73. The first-order valence-corrected chi connectivity index (χ1v) is 3.71. The summed E-state index contributed by atoms with van der Waals surface area (Å²) in [6.07, 6.45) is 0.396. The van der Waals surface area contributed by atoms with Crippen LogP contribution in [0.5, 0.6) is 0 Å². The zero-order chi connectivity index (χ0) is 8.20. The summed E-state index contributed by atoms with van der Waals surface area (Å²) in [4.78, 5) is 10.0. The molecule has 0 unspecified atom stereocenters. The molecule has 1 N–H and O–H groups in total. The molecule has 0 rings (SSSR count). The number of carboxylic acids is 1. The summed E-state index contributed by atoms with van der Waals surface area (Å²) in [6, 6.07) is 0. The first-order valence-electron chi connectivity index (χ1n) is 2.99. The highest BCUT2D eigenvalue weighted by Gasteiger charge is 2.19. The van der Waals surface area contributed by atoms with Crippen LogP contribution in [0.2, 0.25) is 0 Å². The smallest absolute Gasteiger partial charge is 0.303 e. The number of carboxylic acid groups (broad SMARTS) is 1. The van der Waals surface area contributed by atoms with Crippen LogP contribution in [-0.2, 0) is 4.79 Å². The number of rotatable bonds is 4. The van der Waals surface area contributed by atoms with Gasteiger partial charge in [0.25, 0.3) is 0 Å². The van der Waals surface area contributed by atoms with E-state index in [1.165, 1.54) is 0 Å². The molecule has 4 heteroatoms. The Labute approximate surface area is 64.1 Å². The van der Waals surface area contributed by atoms with Crippen molar-refractivity contribution in [3.05, 3.63) is 0 Å². The summed E-state index contributed by atoms with van der Waals surface area (Å²) in [5.41, 5.74) is 0. The maximum atomic E-state index is 11.9. The summed E-state index contributed by atoms with van der Waals surface area (Å²) in [5.74, 6) is -0.873. The molecule has 0 atom stereocenters. The number of aliphatic carboxylic acids is 1. The Hall–Kier alpha value is -0.250. The Bertz CT molecular complexity index is 125. The minimum Gasteiger partial charge on any atom is -0.481 e. The summed E-state index contributed by atoms with van der Waals surface area (Å²) in [5, 5.41) is 8.24. The van der Waals surface area contributed by atoms with Gasteiger partial charge < -0.3 is 5.11 Å². The second kappa shape index (κ2) is 3.81. The van der Waals surface area contributed by atoms with E-state index < -0.39 is 10.7 Å². The van der Waals surface area contributed by atoms with Crippen LogP contribution in [0, 0.1) is 0 Å². The van der Waals surface area contributed by atoms with E-state index in [9.17, 15) is 8.68 Å². The predicted molar refractivity (Wildman–Crippen MR) is 39.6 cm³/mol. The molecule has 0 aliphatic carbocycles. The lowest BCUT2D eigenvalue weighted by molar-refractivity contribution is -0.137. The normalized spacial score (nSPS) is 11.5. The summed E-state index contributed by atoms with van der Waals surface area (Å²) >= 11 is 0.206. The van der Waals surface area contributed by atoms with Gasteiger partial charge in [-0.05, 0) is 20.3 Å². The molecule has 2 nitrogen and oxygen atoms in total. The topological polar surface area (TPSA) is 37.3 Å². The van der Waals surface area contributed by atoms with E-state index in [0.717, 1.165) is 0 Å². The molecule has 0 aromatic rings. The van der Waals surface area contributed by atoms with Crippen molar-refractivity contribution in [1.82, 2.24) is 0 Å². The Morgan fingerprint density at radius 2 is 2.20 bits per heavy atom. The van der Waals surface area contributed by atoms with Crippen LogP contribution < -0.4 is 0 Å². The molecular weight excluding hydrogens is 155 g/mol. The van der Waals surface area contributed by atoms with Gasteiger partial charge in [-0.1, -0.05) is 0 Å². The molecule has 0 saturated heterocycles. The van der Waals surface area contributed by atoms with E-state index >= 15 is 0 Å². The molecule has 0 aromatic heterocycles. The molecular formula is C6H11FO2S. The van der Waals surface area contributed by atoms with E-state index in [1.54, 1.807) is 13.8 Å². The van der Waals surface area contributed by atoms with Gasteiger partial charge >= 0.3 is 5.97 Å². The Morgan fingerprint density at radius 3 is 2.50 bits per heavy atom. The van der Waals surface area contributed by atoms with Gasteiger partial charge in [0.15, 0.2) is 0 Å². The summed E-state index contributed by atoms with van der Waals surface area (Å²) in [6.45, 7) is 3.36. The fourth-order valence-corrected chi connectivity index (χ4v) is 0.626. The molecule has 0 amide bonds. The number of carbonyl (C=O) groups is 1. The minimum absolute atomic E-state index is 0.0317. The van der Waals surface area contributed by atoms with Crippen molar-refractivity contribution in [2.75, 3.05) is 0 Å². The van der Waals surface area contributed by atoms with Crippen LogP contribution in [0.1, 0.15) is 26.7 Å². The van der Waals surface area contributed by atoms with Crippen LogP contribution >= 0.6 is 12.1 Å². The Kier molecular flexibility index (Phi) is 3.71. The van der Waals surface area contributed by atoms with Crippen molar-refractivity contribution in [2.24, 2.45) is 0 Å². The van der Waals surface area contributed by atoms with Crippen LogP contribution in [0.25, 0.3) is 0 Å². The van der Waals surface area contributed by atoms with Gasteiger partial charge in [-0.3, -0.25) is 4.79 Å². The van der Waals surface area contributed by atoms with Crippen molar-refractivity contribution >= 4 is 18.1 Å². The van der Waals surface area contributed by atoms with Crippen molar-refractivity contribution in [1.29, 1.82) is 0 Å². The van der Waals surface area contributed by atoms with Crippen LogP contribution in [0.4, 0.5) is 3.89 Å². The molecule has 60 valence electrons. The van der Waals surface area contributed by atoms with Crippen LogP contribution in [0.3, 0.4) is 0 Å². The first-order chi connectivity index (χ1) is 4.48. The van der Waals surface area contributed by atoms with Gasteiger partial charge in [0.2, 0.25) is 0 Å². The molecule has 0 radical (unpaired) electrons. The molecule has 0 saturated carbocycles. The highest BCUT2D eigenvalue weighted by Crippen LogP contribution is 2.29. The molecule has 0 aliphatic rings. The third-order valence-electron chi connectivity index (χ3n) is 1.15. The van der Waals surface area contributed by atoms with Gasteiger partial charge in [0, 0.05) is 11.2 Å². The lowest BCUT2D eigenvalue weighted by atomic mass is 10.1. The van der Waals surface area contributed by atoms with Gasteiger partial charge in [-0.2, -0.15) is 3.89 Å². The van der Waals surface area contributed by atoms with Crippen molar-refractivity contribution in [3.8, 4) is 0 Å². The van der Waals surface area contributed by atoms with E-state index in [-0.39, 0.29) is 18.6 Å². The third kappa shape index (κ3) is 4.61. The number of halogens is 1. The van der Waals surface area contributed by atoms with E-state index in [4.69, 9.17) is 5.11 Å². The van der Waals surface area contributed by atoms with Gasteiger partial charge in [-0.15, -0.1) is 0 Å². The highest BCUT2D eigenvalue weighted by molar-refractivity contribution is 7.95. The SMILES string of the molecule is CC(C)(CCC(=O)O)SF. The number of hydrogen-bond donors (Lipinski definition) is 1. The standard InChI is InChI=1S/C6H11FO2S/c1-6(2,10-7)4-3-5(8)9/h3-4H2,1-2H3,(H,8,9). The van der Waals surface area contributed by atoms with Crippen LogP contribution in [-0.4, -0.2) is 15.8 Å². The van der Waals surface area contributed by atoms with E-state index in [0.29, 0.717) is 6.42 Å². The van der Waals surface area contributed by atoms with E-state index in [2.05, 4.69) is 0 Å². The van der Waals surface area contributed by atoms with Crippen molar-refractivity contribution in [3.63, 3.8) is 0 Å². The molecule has 0 bridgehead atoms. The lowest BCUT2D eigenvalue weighted by Gasteiger charge is -2.16. The second-order valence-corrected chi connectivity index (χ2v) is 3.99. The third-order valence-corrected chi connectivity index (χ3v) is 1.77. The fourth-order valence-electron chi connectivity index (χ4n) is 0.447. The van der Waals surface area contributed by atoms with Gasteiger partial charge in [0.05, 0.1) is 12.1 Å². The van der Waals surface area contributed by atoms with Crippen molar-refractivity contribution < 1.29 is 13.8 Å². The maximum Gasteiger partial charge on any atom is 0.303 e.